The Morgan fingerprint density at radius 3 is 2.58 bits per heavy atom. The number of hydrogen-bond donors (Lipinski definition) is 5. The van der Waals surface area contributed by atoms with Gasteiger partial charge in [-0.15, -0.1) is 11.8 Å². The fraction of sp³-hybridized carbons (Fsp3) is 0.200. The Balaban J connectivity index is 1.27. The Kier molecular flexibility index (Phi) is 7.04. The number of primary amides is 1. The van der Waals surface area contributed by atoms with Crippen LogP contribution in [0.5, 0.6) is 0 Å². The molecular weight excluding hydrogens is 544 g/mol. The van der Waals surface area contributed by atoms with Crippen molar-refractivity contribution in [3.63, 3.8) is 0 Å². The van der Waals surface area contributed by atoms with Gasteiger partial charge in [-0.2, -0.15) is 0 Å². The summed E-state index contributed by atoms with van der Waals surface area (Å²) < 4.78 is 5.65. The zero-order valence-electron chi connectivity index (χ0n) is 20.6. The van der Waals surface area contributed by atoms with Crippen molar-refractivity contribution in [1.82, 2.24) is 19.8 Å². The molecule has 1 aromatic heterocycles. The van der Waals surface area contributed by atoms with E-state index in [4.69, 9.17) is 10.5 Å². The number of anilines is 1. The average molecular weight is 567 g/mol. The molecule has 14 nitrogen and oxygen atoms in total. The number of β-lactam (4-membered cyclic amide) rings is 1. The number of hydrogen-bond acceptors (Lipinski definition) is 8. The SMILES string of the molecule is NC(=O)OCC1=C(C(=O)O)N2C(=O)C(NC(=O)Cc3ccccc3NC(=O)n3c(=O)[nH]c4ccccc43)[C@H]2SC1. The summed E-state index contributed by atoms with van der Waals surface area (Å²) in [6, 6.07) is 11.5. The van der Waals surface area contributed by atoms with Gasteiger partial charge in [0.1, 0.15) is 23.7 Å². The summed E-state index contributed by atoms with van der Waals surface area (Å²) >= 11 is 1.21. The van der Waals surface area contributed by atoms with Crippen molar-refractivity contribution < 1.29 is 33.8 Å². The highest BCUT2D eigenvalue weighted by Gasteiger charge is 2.54. The Hall–Kier alpha value is -5.05. The number of thioether (sulfide) groups is 1. The summed E-state index contributed by atoms with van der Waals surface area (Å²) in [5.41, 5.74) is 5.85. The first kappa shape index (κ1) is 26.6. The number of nitrogens with two attached hydrogens (primary N) is 1. The standard InChI is InChI=1S/C25H22N6O8S/c26-23(36)39-10-13-11-40-21-18(20(33)31(21)19(13)22(34)35)29-17(32)9-12-5-1-2-6-14(12)27-24(37)30-16-8-4-3-7-15(16)28-25(30)38/h1-8,18,21H,9-11H2,(H2,26,36)(H,27,37)(H,28,38)(H,29,32)(H,34,35)/t18?,21-/m1/s1. The number of aromatic amines is 1. The predicted octanol–water partition coefficient (Wildman–Crippen LogP) is 0.786. The minimum Gasteiger partial charge on any atom is -0.477 e. The van der Waals surface area contributed by atoms with Crippen molar-refractivity contribution in [2.75, 3.05) is 17.7 Å². The van der Waals surface area contributed by atoms with Crippen LogP contribution in [0.4, 0.5) is 15.3 Å². The number of carbonyl (C=O) groups is 5. The molecule has 6 N–H and O–H groups in total. The smallest absolute Gasteiger partial charge is 0.404 e. The molecule has 0 aliphatic carbocycles. The Labute approximate surface area is 229 Å². The van der Waals surface area contributed by atoms with Crippen molar-refractivity contribution >= 4 is 58.4 Å². The van der Waals surface area contributed by atoms with Crippen LogP contribution >= 0.6 is 11.8 Å². The van der Waals surface area contributed by atoms with E-state index >= 15 is 0 Å². The van der Waals surface area contributed by atoms with Gasteiger partial charge >= 0.3 is 23.8 Å². The summed E-state index contributed by atoms with van der Waals surface area (Å²) in [5, 5.41) is 14.3. The third-order valence-electron chi connectivity index (χ3n) is 6.36. The van der Waals surface area contributed by atoms with Crippen LogP contribution in [0.2, 0.25) is 0 Å². The topological polar surface area (TPSA) is 206 Å². The van der Waals surface area contributed by atoms with E-state index in [1.165, 1.54) is 11.8 Å². The molecule has 2 aliphatic heterocycles. The first-order valence-electron chi connectivity index (χ1n) is 11.9. The molecule has 3 aromatic rings. The number of nitrogens with one attached hydrogen (secondary N) is 3. The first-order chi connectivity index (χ1) is 19.2. The molecule has 0 saturated carbocycles. The number of carbonyl (C=O) groups excluding carboxylic acids is 4. The van der Waals surface area contributed by atoms with Crippen LogP contribution in [0.25, 0.3) is 11.0 Å². The number of carboxylic acid groups (broad SMARTS) is 1. The van der Waals surface area contributed by atoms with E-state index in [1.807, 2.05) is 0 Å². The quantitative estimate of drug-likeness (QED) is 0.256. The molecule has 5 rings (SSSR count). The van der Waals surface area contributed by atoms with Gasteiger partial charge in [0, 0.05) is 17.0 Å². The molecule has 0 radical (unpaired) electrons. The van der Waals surface area contributed by atoms with Crippen LogP contribution in [-0.2, 0) is 25.5 Å². The van der Waals surface area contributed by atoms with Gasteiger partial charge in [0.05, 0.1) is 17.5 Å². The molecule has 2 aromatic carbocycles. The van der Waals surface area contributed by atoms with Crippen LogP contribution < -0.4 is 22.1 Å². The van der Waals surface area contributed by atoms with E-state index in [9.17, 15) is 33.9 Å². The highest BCUT2D eigenvalue weighted by atomic mass is 32.2. The van der Waals surface area contributed by atoms with Crippen molar-refractivity contribution in [3.05, 3.63) is 75.8 Å². The highest BCUT2D eigenvalue weighted by molar-refractivity contribution is 8.00. The molecular formula is C25H22N6O8S. The number of aliphatic carboxylic acids is 1. The van der Waals surface area contributed by atoms with Crippen LogP contribution in [0.1, 0.15) is 5.56 Å². The second kappa shape index (κ2) is 10.6. The molecule has 40 heavy (non-hydrogen) atoms. The number of fused-ring (bicyclic) bond motifs is 2. The number of amides is 4. The number of benzene rings is 2. The lowest BCUT2D eigenvalue weighted by molar-refractivity contribution is -0.150. The molecule has 0 bridgehead atoms. The number of carboxylic acids is 1. The van der Waals surface area contributed by atoms with Crippen LogP contribution in [0, 0.1) is 0 Å². The van der Waals surface area contributed by atoms with Crippen molar-refractivity contribution in [3.8, 4) is 0 Å². The molecule has 4 amide bonds. The van der Waals surface area contributed by atoms with Crippen molar-refractivity contribution in [2.45, 2.75) is 17.8 Å². The third kappa shape index (κ3) is 4.89. The molecule has 3 heterocycles. The minimum absolute atomic E-state index is 0.151. The normalized spacial score (nSPS) is 18.1. The summed E-state index contributed by atoms with van der Waals surface area (Å²) in [4.78, 5) is 77.5. The molecule has 0 spiro atoms. The van der Waals surface area contributed by atoms with E-state index in [1.54, 1.807) is 48.5 Å². The van der Waals surface area contributed by atoms with E-state index in [-0.39, 0.29) is 30.1 Å². The number of para-hydroxylation sites is 3. The molecule has 1 unspecified atom stereocenters. The van der Waals surface area contributed by atoms with E-state index in [2.05, 4.69) is 15.6 Å². The van der Waals surface area contributed by atoms with E-state index in [0.29, 0.717) is 22.3 Å². The number of rotatable bonds is 7. The van der Waals surface area contributed by atoms with Gasteiger partial charge in [0.25, 0.3) is 5.91 Å². The second-order valence-corrected chi connectivity index (χ2v) is 9.97. The maximum atomic E-state index is 13.0. The Morgan fingerprint density at radius 2 is 1.82 bits per heavy atom. The van der Waals surface area contributed by atoms with Gasteiger partial charge in [-0.1, -0.05) is 30.3 Å². The first-order valence-corrected chi connectivity index (χ1v) is 12.9. The summed E-state index contributed by atoms with van der Waals surface area (Å²) in [7, 11) is 0. The van der Waals surface area contributed by atoms with Crippen LogP contribution in [0.3, 0.4) is 0 Å². The monoisotopic (exact) mass is 566 g/mol. The maximum Gasteiger partial charge on any atom is 0.404 e. The van der Waals surface area contributed by atoms with E-state index < -0.39 is 47.0 Å². The fourth-order valence-electron chi connectivity index (χ4n) is 4.57. The molecule has 206 valence electrons. The van der Waals surface area contributed by atoms with Gasteiger partial charge in [-0.3, -0.25) is 14.5 Å². The molecule has 1 saturated heterocycles. The average Bonchev–Trinajstić information content (AvgIpc) is 3.26. The molecule has 1 fully saturated rings. The third-order valence-corrected chi connectivity index (χ3v) is 7.70. The number of H-pyrrole nitrogens is 1. The van der Waals surface area contributed by atoms with Gasteiger partial charge in [0.2, 0.25) is 5.91 Å². The summed E-state index contributed by atoms with van der Waals surface area (Å²) in [6.07, 6.45) is -1.28. The van der Waals surface area contributed by atoms with Gasteiger partial charge in [-0.25, -0.2) is 23.7 Å². The van der Waals surface area contributed by atoms with Crippen molar-refractivity contribution in [1.29, 1.82) is 0 Å². The van der Waals surface area contributed by atoms with Gasteiger partial charge in [0.15, 0.2) is 0 Å². The molecule has 2 aliphatic rings. The predicted molar refractivity (Wildman–Crippen MR) is 142 cm³/mol. The van der Waals surface area contributed by atoms with Crippen LogP contribution in [-0.4, -0.2) is 73.2 Å². The summed E-state index contributed by atoms with van der Waals surface area (Å²) in [5.74, 6) is -2.38. The van der Waals surface area contributed by atoms with Gasteiger partial charge in [-0.05, 0) is 23.8 Å². The number of imidazole rings is 1. The zero-order valence-corrected chi connectivity index (χ0v) is 21.4. The second-order valence-electron chi connectivity index (χ2n) is 8.87. The lowest BCUT2D eigenvalue weighted by Crippen LogP contribution is -2.70. The molecule has 2 atom stereocenters. The van der Waals surface area contributed by atoms with Crippen LogP contribution in [0.15, 0.2) is 64.6 Å². The fourth-order valence-corrected chi connectivity index (χ4v) is 5.90. The number of aromatic nitrogens is 2. The Bertz CT molecular complexity index is 1660. The lowest BCUT2D eigenvalue weighted by atomic mass is 10.0. The minimum atomic E-state index is -1.37. The van der Waals surface area contributed by atoms with Crippen molar-refractivity contribution in [2.24, 2.45) is 5.73 Å². The zero-order chi connectivity index (χ0) is 28.6. The maximum absolute atomic E-state index is 13.0. The summed E-state index contributed by atoms with van der Waals surface area (Å²) in [6.45, 7) is -0.370. The number of nitrogens with zero attached hydrogens (tertiary/aromatic N) is 2. The van der Waals surface area contributed by atoms with E-state index in [0.717, 1.165) is 9.47 Å². The largest absolute Gasteiger partial charge is 0.477 e. The highest BCUT2D eigenvalue weighted by Crippen LogP contribution is 2.40. The molecule has 15 heteroatoms. The Morgan fingerprint density at radius 1 is 1.10 bits per heavy atom. The number of ether oxygens (including phenoxy) is 1. The lowest BCUT2D eigenvalue weighted by Gasteiger charge is -2.49. The van der Waals surface area contributed by atoms with Gasteiger partial charge < -0.3 is 31.2 Å².